The highest BCUT2D eigenvalue weighted by Gasteiger charge is 2.68. The number of fused-ring (bicyclic) bond motifs is 5. The topological polar surface area (TPSA) is 60.4 Å². The lowest BCUT2D eigenvalue weighted by molar-refractivity contribution is -0.187. The molecule has 28 heavy (non-hydrogen) atoms. The van der Waals surface area contributed by atoms with Gasteiger partial charge in [0.05, 0.1) is 5.38 Å². The molecule has 0 saturated heterocycles. The largest absolute Gasteiger partial charge is 0.451 e. The van der Waals surface area contributed by atoms with E-state index in [4.69, 9.17) is 16.3 Å². The molecule has 7 atom stereocenters. The standard InChI is InChI=1S/C23H31ClO4/c1-13(25)23(28-14(2)26)10-7-18-16-12-20(24)19-11-15(27)5-8-21(19,3)17(16)6-9-22(18,23)4/h11,16-18,20H,5-10,12H2,1-4H3. The van der Waals surface area contributed by atoms with E-state index in [1.165, 1.54) is 6.92 Å². The van der Waals surface area contributed by atoms with E-state index in [-0.39, 0.29) is 33.7 Å². The SMILES string of the molecule is CC(=O)OC1(C(C)=O)CCC2C3CC(Cl)C4=CC(=O)CCC4(C)C3CCC21C. The Balaban J connectivity index is 1.73. The first-order valence-electron chi connectivity index (χ1n) is 10.6. The quantitative estimate of drug-likeness (QED) is 0.495. The third-order valence-electron chi connectivity index (χ3n) is 8.94. The lowest BCUT2D eigenvalue weighted by Gasteiger charge is -2.60. The van der Waals surface area contributed by atoms with Crippen molar-refractivity contribution < 1.29 is 19.1 Å². The number of alkyl halides is 1. The fourth-order valence-corrected chi connectivity index (χ4v) is 8.14. The second-order valence-electron chi connectivity index (χ2n) is 10.0. The number of rotatable bonds is 2. The van der Waals surface area contributed by atoms with Gasteiger partial charge < -0.3 is 4.74 Å². The second kappa shape index (κ2) is 6.42. The van der Waals surface area contributed by atoms with Crippen molar-refractivity contribution in [3.63, 3.8) is 0 Å². The Morgan fingerprint density at radius 2 is 1.79 bits per heavy atom. The van der Waals surface area contributed by atoms with Gasteiger partial charge in [0.15, 0.2) is 17.2 Å². The van der Waals surface area contributed by atoms with Crippen LogP contribution >= 0.6 is 11.6 Å². The Hall–Kier alpha value is -1.16. The predicted octanol–water partition coefficient (Wildman–Crippen LogP) is 4.63. The average Bonchev–Trinajstić information content (AvgIpc) is 2.90. The molecular formula is C23H31ClO4. The van der Waals surface area contributed by atoms with Gasteiger partial charge in [0.2, 0.25) is 0 Å². The smallest absolute Gasteiger partial charge is 0.303 e. The van der Waals surface area contributed by atoms with Gasteiger partial charge in [-0.1, -0.05) is 13.8 Å². The van der Waals surface area contributed by atoms with E-state index in [2.05, 4.69) is 13.8 Å². The van der Waals surface area contributed by atoms with Gasteiger partial charge in [-0.3, -0.25) is 14.4 Å². The predicted molar refractivity (Wildman–Crippen MR) is 107 cm³/mol. The van der Waals surface area contributed by atoms with Crippen molar-refractivity contribution in [1.82, 2.24) is 0 Å². The summed E-state index contributed by atoms with van der Waals surface area (Å²) in [6, 6.07) is 0. The van der Waals surface area contributed by atoms with Crippen LogP contribution in [0.4, 0.5) is 0 Å². The molecule has 4 nitrogen and oxygen atoms in total. The van der Waals surface area contributed by atoms with Crippen LogP contribution in [-0.4, -0.2) is 28.5 Å². The summed E-state index contributed by atoms with van der Waals surface area (Å²) in [6.07, 6.45) is 7.48. The molecule has 3 fully saturated rings. The van der Waals surface area contributed by atoms with Gasteiger partial charge >= 0.3 is 5.97 Å². The lowest BCUT2D eigenvalue weighted by atomic mass is 9.46. The highest BCUT2D eigenvalue weighted by atomic mass is 35.5. The molecule has 4 rings (SSSR count). The van der Waals surface area contributed by atoms with Gasteiger partial charge in [-0.2, -0.15) is 0 Å². The van der Waals surface area contributed by atoms with Gasteiger partial charge in [0.1, 0.15) is 0 Å². The van der Waals surface area contributed by atoms with Crippen molar-refractivity contribution in [3.8, 4) is 0 Å². The first kappa shape index (κ1) is 20.1. The minimum atomic E-state index is -1.00. The van der Waals surface area contributed by atoms with Crippen LogP contribution in [0.5, 0.6) is 0 Å². The fourth-order valence-electron chi connectivity index (χ4n) is 7.62. The number of esters is 1. The van der Waals surface area contributed by atoms with Gasteiger partial charge in [0.25, 0.3) is 0 Å². The summed E-state index contributed by atoms with van der Waals surface area (Å²) < 4.78 is 5.81. The highest BCUT2D eigenvalue weighted by Crippen LogP contribution is 2.68. The summed E-state index contributed by atoms with van der Waals surface area (Å²) in [6.45, 7) is 7.42. The molecule has 0 bridgehead atoms. The zero-order chi connectivity index (χ0) is 20.5. The summed E-state index contributed by atoms with van der Waals surface area (Å²) >= 11 is 6.85. The number of hydrogen-bond donors (Lipinski definition) is 0. The monoisotopic (exact) mass is 406 g/mol. The van der Waals surface area contributed by atoms with Crippen molar-refractivity contribution in [2.45, 2.75) is 83.6 Å². The molecule has 0 radical (unpaired) electrons. The molecule has 5 heteroatoms. The molecule has 0 spiro atoms. The normalized spacial score (nSPS) is 47.5. The van der Waals surface area contributed by atoms with E-state index >= 15 is 0 Å². The minimum Gasteiger partial charge on any atom is -0.451 e. The number of carbonyl (C=O) groups excluding carboxylic acids is 3. The number of carbonyl (C=O) groups is 3. The Morgan fingerprint density at radius 1 is 1.11 bits per heavy atom. The second-order valence-corrected chi connectivity index (χ2v) is 10.6. The van der Waals surface area contributed by atoms with Crippen molar-refractivity contribution in [2.24, 2.45) is 28.6 Å². The Labute approximate surface area is 172 Å². The Kier molecular flexibility index (Phi) is 4.61. The molecule has 4 aliphatic rings. The molecule has 0 aromatic heterocycles. The van der Waals surface area contributed by atoms with Crippen LogP contribution in [0, 0.1) is 28.6 Å². The lowest BCUT2D eigenvalue weighted by Crippen LogP contribution is -2.59. The maximum absolute atomic E-state index is 12.8. The van der Waals surface area contributed by atoms with E-state index in [0.29, 0.717) is 30.6 Å². The molecule has 0 amide bonds. The molecule has 7 unspecified atom stereocenters. The molecule has 154 valence electrons. The van der Waals surface area contributed by atoms with Crippen molar-refractivity contribution >= 4 is 29.1 Å². The van der Waals surface area contributed by atoms with Crippen molar-refractivity contribution in [2.75, 3.05) is 0 Å². The van der Waals surface area contributed by atoms with Gasteiger partial charge in [-0.15, -0.1) is 11.6 Å². The van der Waals surface area contributed by atoms with E-state index < -0.39 is 5.60 Å². The van der Waals surface area contributed by atoms with Crippen molar-refractivity contribution in [3.05, 3.63) is 11.6 Å². The maximum atomic E-state index is 12.8. The molecule has 3 saturated carbocycles. The summed E-state index contributed by atoms with van der Waals surface area (Å²) in [5.74, 6) is 0.976. The molecule has 0 aromatic carbocycles. The number of hydrogen-bond acceptors (Lipinski definition) is 4. The van der Waals surface area contributed by atoms with Crippen LogP contribution < -0.4 is 0 Å². The Morgan fingerprint density at radius 3 is 2.43 bits per heavy atom. The van der Waals surface area contributed by atoms with Gasteiger partial charge in [-0.25, -0.2) is 0 Å². The number of Topliss-reactive ketones (excluding diaryl/α,β-unsaturated/α-hetero) is 1. The van der Waals surface area contributed by atoms with Gasteiger partial charge in [-0.05, 0) is 80.3 Å². The van der Waals surface area contributed by atoms with E-state index in [0.717, 1.165) is 37.7 Å². The van der Waals surface area contributed by atoms with E-state index in [1.54, 1.807) is 6.92 Å². The third-order valence-corrected chi connectivity index (χ3v) is 9.36. The number of halogens is 1. The summed E-state index contributed by atoms with van der Waals surface area (Å²) in [4.78, 5) is 36.7. The minimum absolute atomic E-state index is 0.0283. The molecule has 0 N–H and O–H groups in total. The zero-order valence-electron chi connectivity index (χ0n) is 17.3. The molecular weight excluding hydrogens is 376 g/mol. The molecule has 0 aliphatic heterocycles. The third kappa shape index (κ3) is 2.52. The van der Waals surface area contributed by atoms with Crippen LogP contribution in [0.25, 0.3) is 0 Å². The first-order chi connectivity index (χ1) is 13.0. The Bertz CT molecular complexity index is 773. The van der Waals surface area contributed by atoms with Crippen LogP contribution in [0.2, 0.25) is 0 Å². The molecule has 0 aromatic rings. The summed E-state index contributed by atoms with van der Waals surface area (Å²) in [5, 5.41) is -0.126. The average molecular weight is 407 g/mol. The van der Waals surface area contributed by atoms with Crippen LogP contribution in [0.3, 0.4) is 0 Å². The first-order valence-corrected chi connectivity index (χ1v) is 11.1. The van der Waals surface area contributed by atoms with E-state index in [9.17, 15) is 14.4 Å². The molecule has 4 aliphatic carbocycles. The van der Waals surface area contributed by atoms with E-state index in [1.807, 2.05) is 6.08 Å². The van der Waals surface area contributed by atoms with Crippen molar-refractivity contribution in [1.29, 1.82) is 0 Å². The summed E-state index contributed by atoms with van der Waals surface area (Å²) in [5.41, 5.74) is -0.251. The number of ketones is 2. The maximum Gasteiger partial charge on any atom is 0.303 e. The highest BCUT2D eigenvalue weighted by molar-refractivity contribution is 6.23. The van der Waals surface area contributed by atoms with Crippen LogP contribution in [-0.2, 0) is 19.1 Å². The number of allylic oxidation sites excluding steroid dienone is 1. The number of ether oxygens (including phenoxy) is 1. The zero-order valence-corrected chi connectivity index (χ0v) is 18.1. The van der Waals surface area contributed by atoms with Crippen LogP contribution in [0.1, 0.15) is 72.6 Å². The molecule has 0 heterocycles. The van der Waals surface area contributed by atoms with Gasteiger partial charge in [0, 0.05) is 18.8 Å². The fraction of sp³-hybridized carbons (Fsp3) is 0.783. The summed E-state index contributed by atoms with van der Waals surface area (Å²) in [7, 11) is 0. The van der Waals surface area contributed by atoms with Crippen LogP contribution in [0.15, 0.2) is 11.6 Å².